The van der Waals surface area contributed by atoms with Crippen molar-refractivity contribution in [3.63, 3.8) is 0 Å². The minimum atomic E-state index is -0.466. The lowest BCUT2D eigenvalue weighted by atomic mass is 10.2. The monoisotopic (exact) mass is 358 g/mol. The summed E-state index contributed by atoms with van der Waals surface area (Å²) in [7, 11) is 0. The summed E-state index contributed by atoms with van der Waals surface area (Å²) >= 11 is 0. The molecular formula is C20H18N6O. The molecule has 134 valence electrons. The molecule has 1 unspecified atom stereocenters. The molecule has 0 fully saturated rings. The number of para-hydroxylation sites is 1. The SMILES string of the molecule is CC(Nc1ccc2nnc(-c3ccccc3)n2n1)C(=O)Nc1ccccc1. The summed E-state index contributed by atoms with van der Waals surface area (Å²) in [5, 5.41) is 18.9. The van der Waals surface area contributed by atoms with Crippen LogP contribution >= 0.6 is 0 Å². The van der Waals surface area contributed by atoms with Crippen LogP contribution in [0, 0.1) is 0 Å². The minimum absolute atomic E-state index is 0.143. The van der Waals surface area contributed by atoms with Gasteiger partial charge in [0.2, 0.25) is 5.91 Å². The highest BCUT2D eigenvalue weighted by molar-refractivity contribution is 5.96. The molecule has 4 rings (SSSR count). The van der Waals surface area contributed by atoms with E-state index in [0.717, 1.165) is 11.3 Å². The van der Waals surface area contributed by atoms with Crippen LogP contribution in [0.5, 0.6) is 0 Å². The largest absolute Gasteiger partial charge is 0.357 e. The zero-order valence-electron chi connectivity index (χ0n) is 14.7. The molecule has 2 N–H and O–H groups in total. The number of fused-ring (bicyclic) bond motifs is 1. The molecule has 0 radical (unpaired) electrons. The van der Waals surface area contributed by atoms with Crippen LogP contribution < -0.4 is 10.6 Å². The maximum Gasteiger partial charge on any atom is 0.246 e. The highest BCUT2D eigenvalue weighted by atomic mass is 16.2. The summed E-state index contributed by atoms with van der Waals surface area (Å²) in [6.45, 7) is 1.79. The van der Waals surface area contributed by atoms with E-state index in [4.69, 9.17) is 0 Å². The summed E-state index contributed by atoms with van der Waals surface area (Å²) in [6, 6.07) is 22.2. The van der Waals surface area contributed by atoms with Crippen molar-refractivity contribution in [3.8, 4) is 11.4 Å². The first-order chi connectivity index (χ1) is 13.2. The number of carbonyl (C=O) groups excluding carboxylic acids is 1. The number of amides is 1. The van der Waals surface area contributed by atoms with Crippen molar-refractivity contribution in [1.29, 1.82) is 0 Å². The molecule has 7 nitrogen and oxygen atoms in total. The quantitative estimate of drug-likeness (QED) is 0.572. The second-order valence-corrected chi connectivity index (χ2v) is 6.10. The number of rotatable bonds is 5. The number of aromatic nitrogens is 4. The third-order valence-electron chi connectivity index (χ3n) is 4.09. The van der Waals surface area contributed by atoms with E-state index in [0.29, 0.717) is 17.3 Å². The van der Waals surface area contributed by atoms with Crippen LogP contribution in [0.4, 0.5) is 11.5 Å². The Balaban J connectivity index is 1.54. The van der Waals surface area contributed by atoms with Gasteiger partial charge in [0, 0.05) is 11.3 Å². The minimum Gasteiger partial charge on any atom is -0.357 e. The number of nitrogens with zero attached hydrogens (tertiary/aromatic N) is 4. The standard InChI is InChI=1S/C20H18N6O/c1-14(20(27)22-16-10-6-3-7-11-16)21-17-12-13-18-23-24-19(26(18)25-17)15-8-4-2-5-9-15/h2-14H,1H3,(H,21,25)(H,22,27). The van der Waals surface area contributed by atoms with Gasteiger partial charge in [-0.3, -0.25) is 4.79 Å². The lowest BCUT2D eigenvalue weighted by Crippen LogP contribution is -2.32. The summed E-state index contributed by atoms with van der Waals surface area (Å²) < 4.78 is 1.67. The molecule has 0 spiro atoms. The predicted molar refractivity (Wildman–Crippen MR) is 104 cm³/mol. The Bertz CT molecular complexity index is 1060. The lowest BCUT2D eigenvalue weighted by molar-refractivity contribution is -0.116. The number of carbonyl (C=O) groups is 1. The third-order valence-corrected chi connectivity index (χ3v) is 4.09. The van der Waals surface area contributed by atoms with Crippen LogP contribution in [0.1, 0.15) is 6.92 Å². The first-order valence-electron chi connectivity index (χ1n) is 8.61. The molecule has 4 aromatic rings. The topological polar surface area (TPSA) is 84.2 Å². The van der Waals surface area contributed by atoms with Gasteiger partial charge in [-0.25, -0.2) is 0 Å². The maximum absolute atomic E-state index is 12.4. The summed E-state index contributed by atoms with van der Waals surface area (Å²) in [6.07, 6.45) is 0. The van der Waals surface area contributed by atoms with Gasteiger partial charge in [-0.1, -0.05) is 48.5 Å². The number of benzene rings is 2. The molecule has 2 aromatic heterocycles. The predicted octanol–water partition coefficient (Wildman–Crippen LogP) is 3.23. The molecule has 0 aliphatic heterocycles. The third kappa shape index (κ3) is 3.62. The van der Waals surface area contributed by atoms with E-state index in [1.165, 1.54) is 0 Å². The average Bonchev–Trinajstić information content (AvgIpc) is 3.12. The summed E-state index contributed by atoms with van der Waals surface area (Å²) in [5.41, 5.74) is 2.31. The van der Waals surface area contributed by atoms with E-state index in [1.807, 2.05) is 66.7 Å². The molecule has 0 aliphatic carbocycles. The van der Waals surface area contributed by atoms with Gasteiger partial charge in [0.15, 0.2) is 11.5 Å². The molecular weight excluding hydrogens is 340 g/mol. The zero-order valence-corrected chi connectivity index (χ0v) is 14.7. The fourth-order valence-electron chi connectivity index (χ4n) is 2.69. The molecule has 0 aliphatic rings. The van der Waals surface area contributed by atoms with Crippen LogP contribution in [-0.4, -0.2) is 31.8 Å². The number of nitrogens with one attached hydrogen (secondary N) is 2. The van der Waals surface area contributed by atoms with E-state index in [2.05, 4.69) is 25.9 Å². The molecule has 7 heteroatoms. The number of hydrogen-bond donors (Lipinski definition) is 2. The molecule has 1 amide bonds. The Kier molecular flexibility index (Phi) is 4.49. The average molecular weight is 358 g/mol. The van der Waals surface area contributed by atoms with E-state index < -0.39 is 6.04 Å². The van der Waals surface area contributed by atoms with Gasteiger partial charge < -0.3 is 10.6 Å². The summed E-state index contributed by atoms with van der Waals surface area (Å²) in [5.74, 6) is 1.07. The molecule has 27 heavy (non-hydrogen) atoms. The Morgan fingerprint density at radius 2 is 1.63 bits per heavy atom. The van der Waals surface area contributed by atoms with Gasteiger partial charge in [-0.05, 0) is 31.2 Å². The highest BCUT2D eigenvalue weighted by Gasteiger charge is 2.15. The second-order valence-electron chi connectivity index (χ2n) is 6.10. The van der Waals surface area contributed by atoms with Gasteiger partial charge in [0.05, 0.1) is 0 Å². The van der Waals surface area contributed by atoms with Crippen molar-refractivity contribution in [1.82, 2.24) is 19.8 Å². The molecule has 0 saturated heterocycles. The summed E-state index contributed by atoms with van der Waals surface area (Å²) in [4.78, 5) is 12.4. The van der Waals surface area contributed by atoms with E-state index >= 15 is 0 Å². The van der Waals surface area contributed by atoms with Gasteiger partial charge in [-0.2, -0.15) is 4.52 Å². The molecule has 1 atom stereocenters. The van der Waals surface area contributed by atoms with Crippen LogP contribution in [0.2, 0.25) is 0 Å². The zero-order chi connectivity index (χ0) is 18.6. The fourth-order valence-corrected chi connectivity index (χ4v) is 2.69. The Hall–Kier alpha value is -3.74. The van der Waals surface area contributed by atoms with Crippen molar-refractivity contribution < 1.29 is 4.79 Å². The van der Waals surface area contributed by atoms with Crippen molar-refractivity contribution in [3.05, 3.63) is 72.8 Å². The van der Waals surface area contributed by atoms with Crippen LogP contribution in [-0.2, 0) is 4.79 Å². The first-order valence-corrected chi connectivity index (χ1v) is 8.61. The molecule has 0 saturated carbocycles. The second kappa shape index (κ2) is 7.25. The van der Waals surface area contributed by atoms with Crippen molar-refractivity contribution in [2.75, 3.05) is 10.6 Å². The highest BCUT2D eigenvalue weighted by Crippen LogP contribution is 2.18. The Morgan fingerprint density at radius 3 is 2.37 bits per heavy atom. The number of hydrogen-bond acceptors (Lipinski definition) is 5. The van der Waals surface area contributed by atoms with Crippen LogP contribution in [0.3, 0.4) is 0 Å². The van der Waals surface area contributed by atoms with Crippen molar-refractivity contribution in [2.45, 2.75) is 13.0 Å². The van der Waals surface area contributed by atoms with Gasteiger partial charge >= 0.3 is 0 Å². The van der Waals surface area contributed by atoms with E-state index in [-0.39, 0.29) is 5.91 Å². The van der Waals surface area contributed by atoms with E-state index in [9.17, 15) is 4.79 Å². The Labute approximate surface area is 156 Å². The molecule has 2 aromatic carbocycles. The smallest absolute Gasteiger partial charge is 0.246 e. The van der Waals surface area contributed by atoms with Crippen LogP contribution in [0.25, 0.3) is 17.0 Å². The first kappa shape index (κ1) is 16.7. The van der Waals surface area contributed by atoms with Crippen LogP contribution in [0.15, 0.2) is 72.8 Å². The van der Waals surface area contributed by atoms with Crippen molar-refractivity contribution >= 4 is 23.1 Å². The molecule has 0 bridgehead atoms. The lowest BCUT2D eigenvalue weighted by Gasteiger charge is -2.14. The van der Waals surface area contributed by atoms with Gasteiger partial charge in [0.1, 0.15) is 11.9 Å². The maximum atomic E-state index is 12.4. The number of anilines is 2. The normalized spacial score (nSPS) is 11.9. The fraction of sp³-hybridized carbons (Fsp3) is 0.100. The molecule has 2 heterocycles. The van der Waals surface area contributed by atoms with Crippen molar-refractivity contribution in [2.24, 2.45) is 0 Å². The Morgan fingerprint density at radius 1 is 0.926 bits per heavy atom. The van der Waals surface area contributed by atoms with Gasteiger partial charge in [0.25, 0.3) is 0 Å². The van der Waals surface area contributed by atoms with E-state index in [1.54, 1.807) is 17.5 Å². The van der Waals surface area contributed by atoms with Gasteiger partial charge in [-0.15, -0.1) is 15.3 Å².